The number of rotatable bonds is 12. The molecule has 1 atom stereocenters. The third kappa shape index (κ3) is 7.65. The van der Waals surface area contributed by atoms with Gasteiger partial charge >= 0.3 is 0 Å². The van der Waals surface area contributed by atoms with E-state index in [0.717, 1.165) is 38.2 Å². The van der Waals surface area contributed by atoms with Crippen molar-refractivity contribution in [3.8, 4) is 23.0 Å². The lowest BCUT2D eigenvalue weighted by Crippen LogP contribution is -2.51. The molecule has 2 fully saturated rings. The molecule has 2 N–H and O–H groups in total. The predicted octanol–water partition coefficient (Wildman–Crippen LogP) is 6.16. The minimum Gasteiger partial charge on any atom is -0.493 e. The molecular weight excluding hydrogens is 641 g/mol. The number of piperazine rings is 1. The maximum absolute atomic E-state index is 15.3. The van der Waals surface area contributed by atoms with Gasteiger partial charge in [-0.15, -0.1) is 0 Å². The Morgan fingerprint density at radius 2 is 1.56 bits per heavy atom. The van der Waals surface area contributed by atoms with Crippen LogP contribution in [0.3, 0.4) is 0 Å². The van der Waals surface area contributed by atoms with Crippen LogP contribution in [0.25, 0.3) is 10.9 Å². The predicted molar refractivity (Wildman–Crippen MR) is 188 cm³/mol. The van der Waals surface area contributed by atoms with Crippen LogP contribution in [0.2, 0.25) is 0 Å². The van der Waals surface area contributed by atoms with E-state index in [1.54, 1.807) is 50.6 Å². The Morgan fingerprint density at radius 3 is 2.20 bits per heavy atom. The highest BCUT2D eigenvalue weighted by molar-refractivity contribution is 6.16. The van der Waals surface area contributed by atoms with E-state index in [2.05, 4.69) is 27.4 Å². The molecule has 12 heteroatoms. The van der Waals surface area contributed by atoms with Gasteiger partial charge in [0.05, 0.1) is 19.2 Å². The molecule has 2 aliphatic rings. The lowest BCUT2D eigenvalue weighted by Gasteiger charge is -2.37. The Kier molecular flexibility index (Phi) is 10.2. The molecule has 1 aromatic heterocycles. The molecule has 4 aromatic rings. The number of benzene rings is 3. The number of hydrogen-bond acceptors (Lipinski definition) is 8. The van der Waals surface area contributed by atoms with Gasteiger partial charge in [-0.3, -0.25) is 24.3 Å². The molecule has 2 heterocycles. The summed E-state index contributed by atoms with van der Waals surface area (Å²) in [5, 5.41) is 6.11. The quantitative estimate of drug-likeness (QED) is 0.170. The van der Waals surface area contributed by atoms with Gasteiger partial charge in [0.2, 0.25) is 17.7 Å². The van der Waals surface area contributed by atoms with Gasteiger partial charge in [0.15, 0.2) is 23.1 Å². The molecule has 6 rings (SSSR count). The first-order valence-electron chi connectivity index (χ1n) is 16.8. The molecule has 0 unspecified atom stereocenters. The normalized spacial score (nSPS) is 16.0. The number of aryl methyl sites for hydroxylation is 1. The summed E-state index contributed by atoms with van der Waals surface area (Å²) < 4.78 is 33.1. The van der Waals surface area contributed by atoms with E-state index in [1.807, 2.05) is 24.0 Å². The topological polar surface area (TPSA) is 122 Å². The van der Waals surface area contributed by atoms with E-state index >= 15 is 4.39 Å². The van der Waals surface area contributed by atoms with Crippen molar-refractivity contribution in [2.45, 2.75) is 46.1 Å². The zero-order chi connectivity index (χ0) is 35.4. The Bertz CT molecular complexity index is 1890. The number of nitrogens with one attached hydrogen (secondary N) is 2. The van der Waals surface area contributed by atoms with Crippen molar-refractivity contribution in [2.75, 3.05) is 50.5 Å². The highest BCUT2D eigenvalue weighted by Crippen LogP contribution is 2.47. The zero-order valence-corrected chi connectivity index (χ0v) is 28.8. The van der Waals surface area contributed by atoms with Crippen LogP contribution in [0, 0.1) is 18.2 Å². The van der Waals surface area contributed by atoms with Crippen LogP contribution in [0.4, 0.5) is 15.8 Å². The van der Waals surface area contributed by atoms with E-state index < -0.39 is 17.1 Å². The molecule has 0 spiro atoms. The highest BCUT2D eigenvalue weighted by Gasteiger charge is 2.56. The third-order valence-corrected chi connectivity index (χ3v) is 9.50. The standard InChI is InChI=1S/C38H42FN5O6/c1-24-5-7-27(8-6-24)41-36(46)38(13-14-38)37(47)42-28-9-10-33(30(39)21-28)50-32-11-15-40-31-23-35(34(48-4)22-29(31)32)49-20-12-25(2)43-16-18-44(19-17-43)26(3)45/h5-11,15,21-23,25H,12-14,16-20H2,1-4H3,(H,41,46)(H,42,47)/t25-/m1/s1. The fraction of sp³-hybridized carbons (Fsp3) is 0.368. The van der Waals surface area contributed by atoms with Gasteiger partial charge in [0.25, 0.3) is 0 Å². The van der Waals surface area contributed by atoms with E-state index in [1.165, 1.54) is 18.2 Å². The van der Waals surface area contributed by atoms with E-state index in [0.29, 0.717) is 53.3 Å². The number of anilines is 2. The number of nitrogens with zero attached hydrogens (tertiary/aromatic N) is 3. The van der Waals surface area contributed by atoms with Gasteiger partial charge < -0.3 is 29.7 Å². The van der Waals surface area contributed by atoms with Crippen molar-refractivity contribution in [1.29, 1.82) is 0 Å². The summed E-state index contributed by atoms with van der Waals surface area (Å²) in [4.78, 5) is 46.5. The number of amides is 3. The molecule has 1 saturated carbocycles. The van der Waals surface area contributed by atoms with Crippen molar-refractivity contribution >= 4 is 40.0 Å². The summed E-state index contributed by atoms with van der Waals surface area (Å²) in [7, 11) is 1.55. The molecule has 1 saturated heterocycles. The van der Waals surface area contributed by atoms with E-state index in [4.69, 9.17) is 14.2 Å². The second-order valence-electron chi connectivity index (χ2n) is 13.0. The Morgan fingerprint density at radius 1 is 0.880 bits per heavy atom. The SMILES string of the molecule is COc1cc2c(Oc3ccc(NC(=O)C4(C(=O)Nc5ccc(C)cc5)CC4)cc3F)ccnc2cc1OCC[C@@H](C)N1CCN(C(C)=O)CC1. The molecule has 3 aromatic carbocycles. The Balaban J connectivity index is 1.08. The molecule has 1 aliphatic carbocycles. The molecule has 262 valence electrons. The number of fused-ring (bicyclic) bond motifs is 1. The average molecular weight is 684 g/mol. The summed E-state index contributed by atoms with van der Waals surface area (Å²) in [6.45, 7) is 9.30. The number of methoxy groups -OCH3 is 1. The summed E-state index contributed by atoms with van der Waals surface area (Å²) >= 11 is 0. The van der Waals surface area contributed by atoms with Crippen LogP contribution in [-0.2, 0) is 14.4 Å². The van der Waals surface area contributed by atoms with Gasteiger partial charge in [-0.25, -0.2) is 4.39 Å². The number of ether oxygens (including phenoxy) is 3. The maximum Gasteiger partial charge on any atom is 0.240 e. The van der Waals surface area contributed by atoms with Crippen molar-refractivity contribution in [1.82, 2.24) is 14.8 Å². The maximum atomic E-state index is 15.3. The summed E-state index contributed by atoms with van der Waals surface area (Å²) in [6.07, 6.45) is 3.17. The van der Waals surface area contributed by atoms with Crippen molar-refractivity contribution in [3.63, 3.8) is 0 Å². The summed E-state index contributed by atoms with van der Waals surface area (Å²) in [6, 6.07) is 16.9. The fourth-order valence-corrected chi connectivity index (χ4v) is 6.09. The fourth-order valence-electron chi connectivity index (χ4n) is 6.09. The van der Waals surface area contributed by atoms with Gasteiger partial charge in [0.1, 0.15) is 11.2 Å². The van der Waals surface area contributed by atoms with Gasteiger partial charge in [-0.05, 0) is 69.5 Å². The molecule has 50 heavy (non-hydrogen) atoms. The number of carbonyl (C=O) groups is 3. The number of carbonyl (C=O) groups excluding carboxylic acids is 3. The van der Waals surface area contributed by atoms with Crippen LogP contribution in [0.5, 0.6) is 23.0 Å². The second-order valence-corrected chi connectivity index (χ2v) is 13.0. The first kappa shape index (κ1) is 34.6. The zero-order valence-electron chi connectivity index (χ0n) is 28.8. The monoisotopic (exact) mass is 683 g/mol. The average Bonchev–Trinajstić information content (AvgIpc) is 3.93. The number of aromatic nitrogens is 1. The van der Waals surface area contributed by atoms with Crippen molar-refractivity contribution < 1.29 is 33.0 Å². The van der Waals surface area contributed by atoms with Gasteiger partial charge in [-0.2, -0.15) is 0 Å². The minimum absolute atomic E-state index is 0.0498. The Hall–Kier alpha value is -5.23. The lowest BCUT2D eigenvalue weighted by atomic mass is 10.0. The summed E-state index contributed by atoms with van der Waals surface area (Å²) in [5.74, 6) is -0.122. The number of hydrogen-bond donors (Lipinski definition) is 2. The molecule has 11 nitrogen and oxygen atoms in total. The largest absolute Gasteiger partial charge is 0.493 e. The smallest absolute Gasteiger partial charge is 0.240 e. The van der Waals surface area contributed by atoms with Gasteiger partial charge in [0, 0.05) is 74.2 Å². The summed E-state index contributed by atoms with van der Waals surface area (Å²) in [5.41, 5.74) is 1.27. The first-order valence-corrected chi connectivity index (χ1v) is 16.8. The lowest BCUT2D eigenvalue weighted by molar-refractivity contribution is -0.132. The third-order valence-electron chi connectivity index (χ3n) is 9.50. The van der Waals surface area contributed by atoms with Crippen molar-refractivity contribution in [3.05, 3.63) is 78.2 Å². The molecule has 0 bridgehead atoms. The van der Waals surface area contributed by atoms with Crippen LogP contribution in [0.15, 0.2) is 66.9 Å². The minimum atomic E-state index is -1.20. The van der Waals surface area contributed by atoms with Crippen LogP contribution in [-0.4, -0.2) is 78.4 Å². The first-order chi connectivity index (χ1) is 24.1. The van der Waals surface area contributed by atoms with Crippen LogP contribution in [0.1, 0.15) is 38.7 Å². The molecule has 3 amide bonds. The number of pyridine rings is 1. The Labute approximate surface area is 290 Å². The van der Waals surface area contributed by atoms with E-state index in [9.17, 15) is 14.4 Å². The second kappa shape index (κ2) is 14.7. The van der Waals surface area contributed by atoms with Crippen LogP contribution >= 0.6 is 0 Å². The molecule has 0 radical (unpaired) electrons. The van der Waals surface area contributed by atoms with Gasteiger partial charge in [-0.1, -0.05) is 17.7 Å². The molecule has 1 aliphatic heterocycles. The number of halogens is 1. The van der Waals surface area contributed by atoms with E-state index in [-0.39, 0.29) is 29.3 Å². The highest BCUT2D eigenvalue weighted by atomic mass is 19.1. The molecular formula is C38H42FN5O6. The van der Waals surface area contributed by atoms with Crippen LogP contribution < -0.4 is 24.8 Å². The van der Waals surface area contributed by atoms with Crippen molar-refractivity contribution in [2.24, 2.45) is 5.41 Å².